The molecule has 0 aliphatic carbocycles. The summed E-state index contributed by atoms with van der Waals surface area (Å²) in [6.07, 6.45) is 0. The average molecular weight is 302 g/mol. The third-order valence-electron chi connectivity index (χ3n) is 4.27. The molecule has 1 N–H and O–H groups in total. The molecule has 2 heterocycles. The molecule has 6 heteroatoms. The molecule has 2 aliphatic rings. The van der Waals surface area contributed by atoms with Crippen LogP contribution in [0, 0.1) is 0 Å². The van der Waals surface area contributed by atoms with Gasteiger partial charge in [-0.05, 0) is 17.7 Å². The molecular weight excluding hydrogens is 280 g/mol. The molecule has 2 fully saturated rings. The van der Waals surface area contributed by atoms with Crippen molar-refractivity contribution in [3.63, 3.8) is 0 Å². The van der Waals surface area contributed by atoms with E-state index >= 15 is 0 Å². The molecule has 0 radical (unpaired) electrons. The van der Waals surface area contributed by atoms with Gasteiger partial charge in [0.15, 0.2) is 0 Å². The first-order valence-electron chi connectivity index (χ1n) is 7.74. The van der Waals surface area contributed by atoms with Gasteiger partial charge in [0.25, 0.3) is 0 Å². The topological polar surface area (TPSA) is 55.9 Å². The summed E-state index contributed by atoms with van der Waals surface area (Å²) in [7, 11) is 1.67. The minimum Gasteiger partial charge on any atom is -0.336 e. The van der Waals surface area contributed by atoms with E-state index in [1.54, 1.807) is 11.9 Å². The van der Waals surface area contributed by atoms with Gasteiger partial charge in [-0.25, -0.2) is 0 Å². The van der Waals surface area contributed by atoms with Crippen LogP contribution in [0.5, 0.6) is 0 Å². The Bertz CT molecular complexity index is 569. The summed E-state index contributed by atoms with van der Waals surface area (Å²) < 4.78 is 0. The molecule has 0 bridgehead atoms. The van der Waals surface area contributed by atoms with Gasteiger partial charge in [0.05, 0.1) is 0 Å². The van der Waals surface area contributed by atoms with Crippen LogP contribution in [0.4, 0.5) is 5.69 Å². The number of hydrogen-bond acceptors (Lipinski definition) is 4. The van der Waals surface area contributed by atoms with Gasteiger partial charge in [-0.1, -0.05) is 12.1 Å². The van der Waals surface area contributed by atoms with Gasteiger partial charge in [-0.2, -0.15) is 0 Å². The highest BCUT2D eigenvalue weighted by Crippen LogP contribution is 2.20. The fraction of sp³-hybridized carbons (Fsp3) is 0.500. The predicted molar refractivity (Wildman–Crippen MR) is 84.6 cm³/mol. The van der Waals surface area contributed by atoms with Crippen LogP contribution in [-0.2, 0) is 16.1 Å². The summed E-state index contributed by atoms with van der Waals surface area (Å²) in [4.78, 5) is 29.4. The zero-order valence-electron chi connectivity index (χ0n) is 12.9. The fourth-order valence-corrected chi connectivity index (χ4v) is 2.93. The lowest BCUT2D eigenvalue weighted by Gasteiger charge is -2.32. The van der Waals surface area contributed by atoms with Gasteiger partial charge in [-0.3, -0.25) is 14.5 Å². The van der Waals surface area contributed by atoms with Gasteiger partial charge in [0, 0.05) is 58.5 Å². The predicted octanol–water partition coefficient (Wildman–Crippen LogP) is -0.103. The van der Waals surface area contributed by atoms with E-state index in [-0.39, 0.29) is 0 Å². The SMILES string of the molecule is CN1CCN(c2cccc(CN3CCNCC3)c2)C(=O)C1=O. The van der Waals surface area contributed by atoms with Crippen molar-refractivity contribution in [2.24, 2.45) is 0 Å². The van der Waals surface area contributed by atoms with Crippen molar-refractivity contribution in [2.75, 3.05) is 51.2 Å². The number of rotatable bonds is 3. The lowest BCUT2D eigenvalue weighted by molar-refractivity contribution is -0.145. The number of hydrogen-bond donors (Lipinski definition) is 1. The Kier molecular flexibility index (Phi) is 4.40. The van der Waals surface area contributed by atoms with Crippen molar-refractivity contribution < 1.29 is 9.59 Å². The molecule has 0 spiro atoms. The molecule has 0 saturated carbocycles. The number of nitrogens with one attached hydrogen (secondary N) is 1. The van der Waals surface area contributed by atoms with Gasteiger partial charge in [0.1, 0.15) is 0 Å². The van der Waals surface area contributed by atoms with E-state index < -0.39 is 11.8 Å². The molecule has 6 nitrogen and oxygen atoms in total. The third kappa shape index (κ3) is 3.13. The van der Waals surface area contributed by atoms with E-state index in [0.29, 0.717) is 13.1 Å². The lowest BCUT2D eigenvalue weighted by Crippen LogP contribution is -2.53. The number of benzene rings is 1. The second kappa shape index (κ2) is 6.46. The highest BCUT2D eigenvalue weighted by Gasteiger charge is 2.31. The van der Waals surface area contributed by atoms with E-state index in [4.69, 9.17) is 0 Å². The van der Waals surface area contributed by atoms with Crippen LogP contribution in [-0.4, -0.2) is 67.9 Å². The molecule has 1 aromatic carbocycles. The Morgan fingerprint density at radius 2 is 1.82 bits per heavy atom. The maximum absolute atomic E-state index is 12.2. The molecular formula is C16H22N4O2. The third-order valence-corrected chi connectivity index (χ3v) is 4.27. The summed E-state index contributed by atoms with van der Waals surface area (Å²) in [5, 5.41) is 3.34. The molecule has 2 saturated heterocycles. The number of anilines is 1. The van der Waals surface area contributed by atoms with E-state index in [1.165, 1.54) is 10.5 Å². The van der Waals surface area contributed by atoms with E-state index in [1.807, 2.05) is 18.2 Å². The van der Waals surface area contributed by atoms with Crippen LogP contribution in [0.25, 0.3) is 0 Å². The van der Waals surface area contributed by atoms with Crippen molar-refractivity contribution in [1.82, 2.24) is 15.1 Å². The first-order chi connectivity index (χ1) is 10.6. The fourth-order valence-electron chi connectivity index (χ4n) is 2.93. The first-order valence-corrected chi connectivity index (χ1v) is 7.74. The van der Waals surface area contributed by atoms with Crippen LogP contribution < -0.4 is 10.2 Å². The van der Waals surface area contributed by atoms with Crippen LogP contribution in [0.15, 0.2) is 24.3 Å². The van der Waals surface area contributed by atoms with Crippen molar-refractivity contribution in [2.45, 2.75) is 6.54 Å². The summed E-state index contributed by atoms with van der Waals surface area (Å²) in [5.74, 6) is -0.869. The van der Waals surface area contributed by atoms with Crippen molar-refractivity contribution >= 4 is 17.5 Å². The highest BCUT2D eigenvalue weighted by atomic mass is 16.2. The highest BCUT2D eigenvalue weighted by molar-refractivity contribution is 6.40. The molecule has 0 atom stereocenters. The molecule has 0 aromatic heterocycles. The summed E-state index contributed by atoms with van der Waals surface area (Å²) in [6.45, 7) is 6.12. The molecule has 2 aliphatic heterocycles. The van der Waals surface area contributed by atoms with Gasteiger partial charge < -0.3 is 15.1 Å². The normalized spacial score (nSPS) is 20.6. The van der Waals surface area contributed by atoms with Crippen molar-refractivity contribution in [3.8, 4) is 0 Å². The average Bonchev–Trinajstić information content (AvgIpc) is 2.54. The maximum Gasteiger partial charge on any atom is 0.316 e. The maximum atomic E-state index is 12.2. The first kappa shape index (κ1) is 15.0. The Morgan fingerprint density at radius 1 is 1.05 bits per heavy atom. The van der Waals surface area contributed by atoms with Gasteiger partial charge in [-0.15, -0.1) is 0 Å². The Hall–Kier alpha value is -1.92. The second-order valence-corrected chi connectivity index (χ2v) is 5.88. The van der Waals surface area contributed by atoms with Gasteiger partial charge in [0.2, 0.25) is 0 Å². The Morgan fingerprint density at radius 3 is 2.59 bits per heavy atom. The number of carbonyl (C=O) groups is 2. The van der Waals surface area contributed by atoms with Crippen LogP contribution >= 0.6 is 0 Å². The zero-order chi connectivity index (χ0) is 15.5. The van der Waals surface area contributed by atoms with E-state index in [9.17, 15) is 9.59 Å². The Balaban J connectivity index is 1.73. The molecule has 3 rings (SSSR count). The number of carbonyl (C=O) groups excluding carboxylic acids is 2. The largest absolute Gasteiger partial charge is 0.336 e. The summed E-state index contributed by atoms with van der Waals surface area (Å²) in [6, 6.07) is 7.97. The standard InChI is InChI=1S/C16H22N4O2/c1-18-9-10-20(16(22)15(18)21)14-4-2-3-13(11-14)12-19-7-5-17-6-8-19/h2-4,11,17H,5-10,12H2,1H3. The molecule has 1 aromatic rings. The summed E-state index contributed by atoms with van der Waals surface area (Å²) in [5.41, 5.74) is 2.00. The molecule has 2 amide bonds. The van der Waals surface area contributed by atoms with E-state index in [0.717, 1.165) is 38.4 Å². The lowest BCUT2D eigenvalue weighted by atomic mass is 10.1. The van der Waals surface area contributed by atoms with Crippen LogP contribution in [0.1, 0.15) is 5.56 Å². The van der Waals surface area contributed by atoms with Gasteiger partial charge >= 0.3 is 11.8 Å². The molecule has 118 valence electrons. The van der Waals surface area contributed by atoms with Crippen LogP contribution in [0.2, 0.25) is 0 Å². The quantitative estimate of drug-likeness (QED) is 0.792. The molecule has 22 heavy (non-hydrogen) atoms. The Labute approximate surface area is 130 Å². The minimum absolute atomic E-state index is 0.432. The second-order valence-electron chi connectivity index (χ2n) is 5.88. The number of likely N-dealkylation sites (N-methyl/N-ethyl adjacent to an activating group) is 1. The monoisotopic (exact) mass is 302 g/mol. The zero-order valence-corrected chi connectivity index (χ0v) is 12.9. The van der Waals surface area contributed by atoms with Crippen LogP contribution in [0.3, 0.4) is 0 Å². The van der Waals surface area contributed by atoms with Crippen molar-refractivity contribution in [3.05, 3.63) is 29.8 Å². The number of nitrogens with zero attached hydrogens (tertiary/aromatic N) is 3. The van der Waals surface area contributed by atoms with Crippen molar-refractivity contribution in [1.29, 1.82) is 0 Å². The minimum atomic E-state index is -0.437. The number of amides is 2. The van der Waals surface area contributed by atoms with E-state index in [2.05, 4.69) is 16.3 Å². The smallest absolute Gasteiger partial charge is 0.316 e. The number of piperazine rings is 2. The molecule has 0 unspecified atom stereocenters. The summed E-state index contributed by atoms with van der Waals surface area (Å²) >= 11 is 0.